The van der Waals surface area contributed by atoms with Crippen molar-refractivity contribution in [3.05, 3.63) is 89.5 Å². The van der Waals surface area contributed by atoms with Crippen LogP contribution in [0.5, 0.6) is 0 Å². The zero-order valence-corrected chi connectivity index (χ0v) is 38.7. The first-order chi connectivity index (χ1) is 31.6. The van der Waals surface area contributed by atoms with Crippen molar-refractivity contribution in [1.29, 1.82) is 0 Å². The van der Waals surface area contributed by atoms with Gasteiger partial charge in [0.2, 0.25) is 28.7 Å². The van der Waals surface area contributed by atoms with Crippen molar-refractivity contribution in [3.8, 4) is 11.1 Å². The predicted molar refractivity (Wildman–Crippen MR) is 251 cm³/mol. The van der Waals surface area contributed by atoms with Crippen molar-refractivity contribution in [2.75, 3.05) is 19.7 Å². The number of hydrogen-bond acceptors (Lipinski definition) is 10. The number of hydrogen-bond donors (Lipinski definition) is 7. The van der Waals surface area contributed by atoms with Gasteiger partial charge in [0.25, 0.3) is 0 Å². The molecule has 5 amide bonds. The molecule has 66 heavy (non-hydrogen) atoms. The van der Waals surface area contributed by atoms with Crippen LogP contribution in [0.15, 0.2) is 82.7 Å². The van der Waals surface area contributed by atoms with Crippen LogP contribution in [0, 0.1) is 11.8 Å². The van der Waals surface area contributed by atoms with E-state index >= 15 is 0 Å². The van der Waals surface area contributed by atoms with Crippen LogP contribution in [0.2, 0.25) is 0 Å². The van der Waals surface area contributed by atoms with E-state index in [-0.39, 0.29) is 75.0 Å². The lowest BCUT2D eigenvalue weighted by Crippen LogP contribution is -2.56. The number of rotatable bonds is 23. The summed E-state index contributed by atoms with van der Waals surface area (Å²) in [6, 6.07) is 18.6. The number of likely N-dealkylation sites (tertiary alicyclic amines) is 1. The molecule has 1 heterocycles. The van der Waals surface area contributed by atoms with Crippen molar-refractivity contribution in [1.82, 2.24) is 26.2 Å². The highest BCUT2D eigenvalue weighted by molar-refractivity contribution is 8.13. The zero-order valence-electron chi connectivity index (χ0n) is 37.9. The first kappa shape index (κ1) is 50.6. The number of nitrogens with zero attached hydrogens (tertiary/aromatic N) is 2. The molecule has 0 bridgehead atoms. The third-order valence-corrected chi connectivity index (χ3v) is 12.9. The highest BCUT2D eigenvalue weighted by Gasteiger charge is 2.38. The van der Waals surface area contributed by atoms with Gasteiger partial charge in [0.1, 0.15) is 30.8 Å². The average molecular weight is 927 g/mol. The number of ether oxygens (including phenoxy) is 1. The van der Waals surface area contributed by atoms with E-state index in [1.165, 1.54) is 4.90 Å². The minimum atomic E-state index is -1.15. The highest BCUT2D eigenvalue weighted by atomic mass is 32.2. The Bertz CT molecular complexity index is 2220. The lowest BCUT2D eigenvalue weighted by Gasteiger charge is -2.27. The van der Waals surface area contributed by atoms with E-state index in [1.54, 1.807) is 31.2 Å². The summed E-state index contributed by atoms with van der Waals surface area (Å²) in [5.74, 6) is -3.69. The number of carboxylic acids is 1. The van der Waals surface area contributed by atoms with Gasteiger partial charge in [0.05, 0.1) is 6.54 Å². The van der Waals surface area contributed by atoms with Crippen LogP contribution < -0.4 is 32.7 Å². The number of carbonyl (C=O) groups excluding carboxylic acids is 6. The van der Waals surface area contributed by atoms with E-state index in [4.69, 9.17) is 16.2 Å². The molecule has 1 aliphatic carbocycles. The van der Waals surface area contributed by atoms with Crippen molar-refractivity contribution in [2.24, 2.45) is 28.3 Å². The van der Waals surface area contributed by atoms with E-state index in [1.807, 2.05) is 69.3 Å². The fraction of sp³-hybridized carbons (Fsp3) is 0.458. The summed E-state index contributed by atoms with van der Waals surface area (Å²) in [6.45, 7) is 7.38. The van der Waals surface area contributed by atoms with Gasteiger partial charge >= 0.3 is 12.1 Å². The number of alkyl carbamates (subject to hydrolysis) is 1. The Labute approximate surface area is 389 Å². The van der Waals surface area contributed by atoms with Crippen molar-refractivity contribution in [3.63, 3.8) is 0 Å². The Hall–Kier alpha value is -6.43. The van der Waals surface area contributed by atoms with Gasteiger partial charge in [0, 0.05) is 30.3 Å². The SMILES string of the molecule is CC[C@H](C)[C@H](NC(=O)OCC1c2ccccc2-c2ccccc21)C(=O)N[C@@H](CCCN=C(N)N)C(=O)NCC(=O)Sc1ccccc1CN1C(=O)CCC1C(=O)N[C@@H](CCC(C)C)C(=O)O. The molecule has 1 unspecified atom stereocenters. The monoisotopic (exact) mass is 926 g/mol. The molecular formula is C48H62N8O9S. The standard InChI is InChI=1S/C48H62N8O9S/c1-5-29(4)42(55-48(64)65-27-35-33-16-9-7-14-31(33)32-15-8-10-17-34(32)35)45(61)53-36(18-12-24-51-47(49)50)43(59)52-25-41(58)66-39-19-11-6-13-30(39)26-56-38(22-23-40(56)57)44(60)54-37(46(62)63)21-20-28(2)3/h6-11,13-17,19,28-29,35-38,42H,5,12,18,20-27H2,1-4H3,(H,52,59)(H,53,61)(H,54,60)(H,55,64)(H,62,63)(H4,49,50,51)/t29-,36-,37-,38?,42-/m0/s1. The summed E-state index contributed by atoms with van der Waals surface area (Å²) in [7, 11) is 0. The van der Waals surface area contributed by atoms with Crippen LogP contribution in [-0.4, -0.2) is 101 Å². The fourth-order valence-electron chi connectivity index (χ4n) is 8.09. The molecule has 0 spiro atoms. The smallest absolute Gasteiger partial charge is 0.407 e. The van der Waals surface area contributed by atoms with Gasteiger partial charge in [-0.25, -0.2) is 9.59 Å². The van der Waals surface area contributed by atoms with E-state index < -0.39 is 65.6 Å². The molecule has 5 rings (SSSR count). The largest absolute Gasteiger partial charge is 0.480 e. The maximum atomic E-state index is 13.9. The summed E-state index contributed by atoms with van der Waals surface area (Å²) in [4.78, 5) is 98.6. The molecule has 0 saturated carbocycles. The third kappa shape index (κ3) is 13.8. The number of amides is 5. The van der Waals surface area contributed by atoms with E-state index in [0.29, 0.717) is 29.7 Å². The van der Waals surface area contributed by atoms with Gasteiger partial charge in [0.15, 0.2) is 5.96 Å². The fourth-order valence-corrected chi connectivity index (χ4v) is 8.89. The highest BCUT2D eigenvalue weighted by Crippen LogP contribution is 2.44. The number of aliphatic imine (C=N–C) groups is 1. The van der Waals surface area contributed by atoms with Crippen LogP contribution >= 0.6 is 11.8 Å². The molecule has 5 atom stereocenters. The van der Waals surface area contributed by atoms with Gasteiger partial charge in [-0.2, -0.15) is 0 Å². The van der Waals surface area contributed by atoms with Crippen LogP contribution in [-0.2, 0) is 40.0 Å². The Kier molecular flexibility index (Phi) is 18.5. The minimum absolute atomic E-state index is 0.00517. The van der Waals surface area contributed by atoms with Crippen LogP contribution in [0.1, 0.15) is 95.2 Å². The predicted octanol–water partition coefficient (Wildman–Crippen LogP) is 4.41. The molecule has 0 radical (unpaired) electrons. The maximum absolute atomic E-state index is 13.9. The molecule has 1 saturated heterocycles. The number of thioether (sulfide) groups is 1. The van der Waals surface area contributed by atoms with Crippen molar-refractivity contribution in [2.45, 2.75) is 114 Å². The number of fused-ring (bicyclic) bond motifs is 3. The summed E-state index contributed by atoms with van der Waals surface area (Å²) in [5, 5.41) is 20.0. The van der Waals surface area contributed by atoms with Gasteiger partial charge in [-0.1, -0.05) is 101 Å². The number of guanidine groups is 1. The number of nitrogens with one attached hydrogen (secondary N) is 4. The lowest BCUT2D eigenvalue weighted by molar-refractivity contribution is -0.143. The average Bonchev–Trinajstić information content (AvgIpc) is 3.82. The second kappa shape index (κ2) is 24.2. The van der Waals surface area contributed by atoms with Gasteiger partial charge < -0.3 is 47.5 Å². The molecule has 2 aliphatic rings. The molecule has 17 nitrogen and oxygen atoms in total. The Balaban J connectivity index is 1.20. The quantitative estimate of drug-likeness (QED) is 0.0302. The van der Waals surface area contributed by atoms with Gasteiger partial charge in [-0.05, 0) is 89.6 Å². The zero-order chi connectivity index (χ0) is 47.9. The van der Waals surface area contributed by atoms with Crippen molar-refractivity contribution < 1.29 is 43.4 Å². The van der Waals surface area contributed by atoms with E-state index in [2.05, 4.69) is 26.3 Å². The molecular weight excluding hydrogens is 865 g/mol. The number of carbonyl (C=O) groups is 7. The van der Waals surface area contributed by atoms with Crippen LogP contribution in [0.4, 0.5) is 4.79 Å². The second-order valence-corrected chi connectivity index (χ2v) is 18.2. The summed E-state index contributed by atoms with van der Waals surface area (Å²) in [6.07, 6.45) is 1.29. The van der Waals surface area contributed by atoms with Crippen LogP contribution in [0.25, 0.3) is 11.1 Å². The Morgan fingerprint density at radius 2 is 1.50 bits per heavy atom. The molecule has 9 N–H and O–H groups in total. The topological polar surface area (TPSA) is 265 Å². The van der Waals surface area contributed by atoms with E-state index in [0.717, 1.165) is 34.0 Å². The summed E-state index contributed by atoms with van der Waals surface area (Å²) >= 11 is 0.841. The minimum Gasteiger partial charge on any atom is -0.480 e. The summed E-state index contributed by atoms with van der Waals surface area (Å²) < 4.78 is 5.74. The molecule has 3 aromatic rings. The summed E-state index contributed by atoms with van der Waals surface area (Å²) in [5.41, 5.74) is 15.8. The maximum Gasteiger partial charge on any atom is 0.407 e. The first-order valence-electron chi connectivity index (χ1n) is 22.4. The first-order valence-corrected chi connectivity index (χ1v) is 23.3. The molecule has 1 fully saturated rings. The number of nitrogens with two attached hydrogens (primary N) is 2. The lowest BCUT2D eigenvalue weighted by atomic mass is 9.97. The van der Waals surface area contributed by atoms with Gasteiger partial charge in [-0.3, -0.25) is 29.0 Å². The Morgan fingerprint density at radius 1 is 0.848 bits per heavy atom. The normalized spacial score (nSPS) is 16.0. The number of aliphatic carboxylic acids is 1. The van der Waals surface area contributed by atoms with E-state index in [9.17, 15) is 38.7 Å². The Morgan fingerprint density at radius 3 is 2.14 bits per heavy atom. The number of carboxylic acid groups (broad SMARTS) is 1. The third-order valence-electron chi connectivity index (χ3n) is 11.9. The number of benzene rings is 3. The van der Waals surface area contributed by atoms with Crippen molar-refractivity contribution >= 4 is 58.5 Å². The molecule has 18 heteroatoms. The molecule has 3 aromatic carbocycles. The van der Waals surface area contributed by atoms with Crippen LogP contribution in [0.3, 0.4) is 0 Å². The molecule has 354 valence electrons. The second-order valence-electron chi connectivity index (χ2n) is 17.1. The molecule has 0 aromatic heterocycles. The van der Waals surface area contributed by atoms with Gasteiger partial charge in [-0.15, -0.1) is 0 Å². The molecule has 1 aliphatic heterocycles.